The average molecular weight is 644 g/mol. The van der Waals surface area contributed by atoms with E-state index in [2.05, 4.69) is 18.5 Å². The quantitative estimate of drug-likeness (QED) is 0.236. The van der Waals surface area contributed by atoms with Crippen molar-refractivity contribution in [2.45, 2.75) is 76.3 Å². The summed E-state index contributed by atoms with van der Waals surface area (Å²) in [4.78, 5) is 58.7. The van der Waals surface area contributed by atoms with Crippen LogP contribution in [-0.4, -0.2) is 77.2 Å². The minimum atomic E-state index is -1.30. The van der Waals surface area contributed by atoms with Gasteiger partial charge in [0.15, 0.2) is 0 Å². The van der Waals surface area contributed by atoms with E-state index in [1.54, 1.807) is 24.0 Å². The number of para-hydroxylation sites is 1. The summed E-state index contributed by atoms with van der Waals surface area (Å²) in [5, 5.41) is 13.5. The smallest absolute Gasteiger partial charge is 0.312 e. The lowest BCUT2D eigenvalue weighted by Crippen LogP contribution is -2.57. The Morgan fingerprint density at radius 1 is 1.13 bits per heavy atom. The second-order valence-corrected chi connectivity index (χ2v) is 12.8. The topological polar surface area (TPSA) is 125 Å². The minimum absolute atomic E-state index is 0.115. The predicted molar refractivity (Wildman–Crippen MR) is 177 cm³/mol. The normalized spacial score (nSPS) is 25.5. The number of rotatable bonds is 14. The molecular weight excluding hydrogens is 598 g/mol. The van der Waals surface area contributed by atoms with Crippen LogP contribution in [0.1, 0.15) is 55.3 Å². The summed E-state index contributed by atoms with van der Waals surface area (Å²) < 4.78 is 12.4. The first-order valence-electron chi connectivity index (χ1n) is 16.3. The fourth-order valence-corrected chi connectivity index (χ4v) is 7.70. The summed E-state index contributed by atoms with van der Waals surface area (Å²) in [5.41, 5.74) is 1.85. The molecule has 1 spiro atoms. The predicted octanol–water partition coefficient (Wildman–Crippen LogP) is 3.94. The third-order valence-corrected chi connectivity index (χ3v) is 9.70. The molecule has 7 atom stereocenters. The van der Waals surface area contributed by atoms with Crippen LogP contribution in [0.4, 0.5) is 5.69 Å². The third kappa shape index (κ3) is 6.24. The Balaban J connectivity index is 1.52. The number of aliphatic hydroxyl groups is 1. The van der Waals surface area contributed by atoms with Crippen LogP contribution < -0.4 is 10.2 Å². The van der Waals surface area contributed by atoms with Crippen LogP contribution in [0, 0.1) is 25.7 Å². The van der Waals surface area contributed by atoms with E-state index in [0.717, 1.165) is 16.8 Å². The molecule has 0 saturated carbocycles. The van der Waals surface area contributed by atoms with Gasteiger partial charge in [-0.05, 0) is 56.7 Å². The number of anilines is 1. The zero-order valence-electron chi connectivity index (χ0n) is 27.4. The van der Waals surface area contributed by atoms with E-state index in [9.17, 15) is 19.5 Å². The highest BCUT2D eigenvalue weighted by Crippen LogP contribution is 2.60. The molecule has 3 fully saturated rings. The molecule has 2 bridgehead atoms. The molecule has 2 aromatic rings. The van der Waals surface area contributed by atoms with E-state index < -0.39 is 60.2 Å². The van der Waals surface area contributed by atoms with Gasteiger partial charge in [0.25, 0.3) is 5.91 Å². The summed E-state index contributed by atoms with van der Waals surface area (Å²) in [5.74, 6) is -3.51. The van der Waals surface area contributed by atoms with E-state index in [-0.39, 0.29) is 31.3 Å². The number of fused-ring (bicyclic) bond motifs is 1. The molecule has 3 saturated heterocycles. The molecule has 47 heavy (non-hydrogen) atoms. The molecule has 0 aromatic heterocycles. The number of esters is 1. The number of ether oxygens (including phenoxy) is 2. The number of nitrogens with one attached hydrogen (secondary N) is 1. The van der Waals surface area contributed by atoms with Crippen LogP contribution in [0.25, 0.3) is 0 Å². The highest BCUT2D eigenvalue weighted by atomic mass is 16.6. The van der Waals surface area contributed by atoms with Gasteiger partial charge in [-0.3, -0.25) is 19.2 Å². The number of benzene rings is 2. The fourth-order valence-electron chi connectivity index (χ4n) is 7.70. The second kappa shape index (κ2) is 14.2. The number of carbonyl (C=O) groups excluding carboxylic acids is 4. The molecule has 2 aromatic carbocycles. The zero-order chi connectivity index (χ0) is 33.9. The highest BCUT2D eigenvalue weighted by molar-refractivity contribution is 6.05. The van der Waals surface area contributed by atoms with E-state index in [0.29, 0.717) is 24.8 Å². The van der Waals surface area contributed by atoms with Crippen molar-refractivity contribution < 1.29 is 33.8 Å². The van der Waals surface area contributed by atoms with Crippen molar-refractivity contribution in [2.24, 2.45) is 11.8 Å². The number of hydrogen-bond donors (Lipinski definition) is 2. The van der Waals surface area contributed by atoms with Crippen LogP contribution in [0.15, 0.2) is 73.8 Å². The molecule has 0 aliphatic carbocycles. The number of carbonyl (C=O) groups is 4. The monoisotopic (exact) mass is 643 g/mol. The molecule has 0 unspecified atom stereocenters. The summed E-state index contributed by atoms with van der Waals surface area (Å²) in [6.45, 7) is 12.9. The van der Waals surface area contributed by atoms with Crippen LogP contribution in [0.5, 0.6) is 0 Å². The Hall–Kier alpha value is -4.28. The van der Waals surface area contributed by atoms with Crippen molar-refractivity contribution in [3.63, 3.8) is 0 Å². The van der Waals surface area contributed by atoms with Gasteiger partial charge in [-0.25, -0.2) is 0 Å². The van der Waals surface area contributed by atoms with E-state index in [4.69, 9.17) is 9.47 Å². The molecule has 2 N–H and O–H groups in total. The SMILES string of the molecule is C=CCCC(=O)NC[C@H](C)OC(=O)[C@@H]1[C@@H]2CC[C@]3(O2)[C@H](C(=O)N(CC=C)c2c(C)cccc2C)N([C@H](CO)c2ccccc2)C(=O)[C@@H]13. The Morgan fingerprint density at radius 3 is 2.47 bits per heavy atom. The highest BCUT2D eigenvalue weighted by Gasteiger charge is 2.76. The maximum absolute atomic E-state index is 15.0. The van der Waals surface area contributed by atoms with Crippen molar-refractivity contribution >= 4 is 29.4 Å². The van der Waals surface area contributed by atoms with Gasteiger partial charge in [0.1, 0.15) is 17.7 Å². The average Bonchev–Trinajstić information content (AvgIpc) is 3.70. The van der Waals surface area contributed by atoms with Gasteiger partial charge < -0.3 is 29.7 Å². The van der Waals surface area contributed by atoms with Crippen molar-refractivity contribution in [1.82, 2.24) is 10.2 Å². The Bertz CT molecular complexity index is 1510. The van der Waals surface area contributed by atoms with Crippen molar-refractivity contribution in [1.29, 1.82) is 0 Å². The van der Waals surface area contributed by atoms with Crippen LogP contribution in [0.3, 0.4) is 0 Å². The lowest BCUT2D eigenvalue weighted by atomic mass is 9.70. The maximum Gasteiger partial charge on any atom is 0.312 e. The molecule has 3 aliphatic heterocycles. The van der Waals surface area contributed by atoms with Gasteiger partial charge in [-0.1, -0.05) is 60.7 Å². The van der Waals surface area contributed by atoms with E-state index in [1.165, 1.54) is 4.90 Å². The van der Waals surface area contributed by atoms with Gasteiger partial charge in [0, 0.05) is 18.7 Å². The van der Waals surface area contributed by atoms with E-state index in [1.807, 2.05) is 62.4 Å². The number of allylic oxidation sites excluding steroid dienone is 1. The molecular formula is C37H45N3O7. The van der Waals surface area contributed by atoms with Gasteiger partial charge in [-0.2, -0.15) is 0 Å². The van der Waals surface area contributed by atoms with Crippen LogP contribution in [0.2, 0.25) is 0 Å². The van der Waals surface area contributed by atoms with Crippen molar-refractivity contribution in [3.05, 3.63) is 90.5 Å². The number of aryl methyl sites for hydroxylation is 2. The second-order valence-electron chi connectivity index (χ2n) is 12.8. The summed E-state index contributed by atoms with van der Waals surface area (Å²) in [6.07, 6.45) is 3.71. The molecule has 10 heteroatoms. The van der Waals surface area contributed by atoms with Gasteiger partial charge in [0.05, 0.1) is 37.1 Å². The number of nitrogens with zero attached hydrogens (tertiary/aromatic N) is 2. The largest absolute Gasteiger partial charge is 0.460 e. The number of amides is 3. The molecule has 0 radical (unpaired) electrons. The molecule has 250 valence electrons. The first-order chi connectivity index (χ1) is 22.6. The zero-order valence-corrected chi connectivity index (χ0v) is 27.4. The van der Waals surface area contributed by atoms with Gasteiger partial charge >= 0.3 is 5.97 Å². The number of hydrogen-bond acceptors (Lipinski definition) is 7. The first kappa shape index (κ1) is 34.1. The van der Waals surface area contributed by atoms with Crippen LogP contribution >= 0.6 is 0 Å². The minimum Gasteiger partial charge on any atom is -0.460 e. The lowest BCUT2D eigenvalue weighted by Gasteiger charge is -2.40. The Labute approximate surface area is 276 Å². The first-order valence-corrected chi connectivity index (χ1v) is 16.3. The molecule has 3 amide bonds. The molecule has 3 heterocycles. The fraction of sp³-hybridized carbons (Fsp3) is 0.459. The molecule has 10 nitrogen and oxygen atoms in total. The third-order valence-electron chi connectivity index (χ3n) is 9.70. The number of likely N-dealkylation sites (tertiary alicyclic amines) is 1. The summed E-state index contributed by atoms with van der Waals surface area (Å²) in [6, 6.07) is 12.9. The molecule has 3 aliphatic rings. The lowest BCUT2D eigenvalue weighted by molar-refractivity contribution is -0.159. The van der Waals surface area contributed by atoms with Crippen molar-refractivity contribution in [2.75, 3.05) is 24.6 Å². The Morgan fingerprint density at radius 2 is 1.83 bits per heavy atom. The summed E-state index contributed by atoms with van der Waals surface area (Å²) >= 11 is 0. The van der Waals surface area contributed by atoms with Crippen molar-refractivity contribution in [3.8, 4) is 0 Å². The summed E-state index contributed by atoms with van der Waals surface area (Å²) in [7, 11) is 0. The maximum atomic E-state index is 15.0. The molecule has 5 rings (SSSR count). The standard InChI is InChI=1S/C37H45N3O7/c1-6-8-17-29(42)38-21-25(5)46-36(45)30-28-18-19-37(47-28)31(30)34(43)40(27(22-41)26-15-10-9-11-16-26)33(37)35(44)39(20-7-2)32-23(3)13-12-14-24(32)4/h6-7,9-16,25,27-28,30-31,33,41H,1-2,8,17-22H2,3-5H3,(H,38,42)/t25-,27+,28-,30+,31+,33-,37+/m0/s1. The van der Waals surface area contributed by atoms with E-state index >= 15 is 4.79 Å². The van der Waals surface area contributed by atoms with Gasteiger partial charge in [-0.15, -0.1) is 13.2 Å². The van der Waals surface area contributed by atoms with Gasteiger partial charge in [0.2, 0.25) is 11.8 Å². The number of aliphatic hydroxyl groups excluding tert-OH is 1. The Kier molecular flexibility index (Phi) is 10.3. The van der Waals surface area contributed by atoms with Crippen LogP contribution in [-0.2, 0) is 28.7 Å².